The average Bonchev–Trinajstić information content (AvgIpc) is 2.30. The Kier molecular flexibility index (Phi) is 4.70. The molecule has 1 aliphatic rings. The second-order valence-electron chi connectivity index (χ2n) is 5.42. The highest BCUT2D eigenvalue weighted by Crippen LogP contribution is 2.22. The summed E-state index contributed by atoms with van der Waals surface area (Å²) in [5.41, 5.74) is 0.778. The number of benzene rings is 1. The molecule has 0 amide bonds. The lowest BCUT2D eigenvalue weighted by Gasteiger charge is -2.28. The average molecular weight is 253 g/mol. The van der Waals surface area contributed by atoms with E-state index in [0.29, 0.717) is 0 Å². The second kappa shape index (κ2) is 6.28. The van der Waals surface area contributed by atoms with E-state index in [1.54, 1.807) is 0 Å². The topological polar surface area (TPSA) is 3.24 Å². The monoisotopic (exact) mass is 253 g/mol. The van der Waals surface area contributed by atoms with Gasteiger partial charge in [0.25, 0.3) is 0 Å². The Morgan fingerprint density at radius 2 is 1.72 bits per heavy atom. The third-order valence-electron chi connectivity index (χ3n) is 3.84. The van der Waals surface area contributed by atoms with Crippen molar-refractivity contribution in [3.05, 3.63) is 35.4 Å². The van der Waals surface area contributed by atoms with Crippen molar-refractivity contribution in [2.45, 2.75) is 32.1 Å². The molecule has 2 rings (SSSR count). The molecule has 0 atom stereocenters. The number of piperidine rings is 1. The minimum Gasteiger partial charge on any atom is -0.306 e. The van der Waals surface area contributed by atoms with Gasteiger partial charge in [0.1, 0.15) is 11.6 Å². The summed E-state index contributed by atoms with van der Waals surface area (Å²) in [4.78, 5) is 2.36. The van der Waals surface area contributed by atoms with Gasteiger partial charge in [0.2, 0.25) is 0 Å². The zero-order valence-electron chi connectivity index (χ0n) is 11.0. The molecule has 18 heavy (non-hydrogen) atoms. The van der Waals surface area contributed by atoms with Crippen LogP contribution in [0.1, 0.15) is 31.2 Å². The van der Waals surface area contributed by atoms with Crippen LogP contribution >= 0.6 is 0 Å². The zero-order valence-corrected chi connectivity index (χ0v) is 11.0. The van der Waals surface area contributed by atoms with Crippen LogP contribution in [0, 0.1) is 17.6 Å². The number of hydrogen-bond acceptors (Lipinski definition) is 1. The van der Waals surface area contributed by atoms with Gasteiger partial charge in [-0.1, -0.05) is 6.42 Å². The Labute approximate surface area is 108 Å². The molecule has 1 heterocycles. The molecule has 1 saturated heterocycles. The van der Waals surface area contributed by atoms with E-state index < -0.39 is 11.6 Å². The molecule has 1 fully saturated rings. The van der Waals surface area contributed by atoms with E-state index in [1.807, 2.05) is 0 Å². The van der Waals surface area contributed by atoms with Gasteiger partial charge in [0, 0.05) is 6.07 Å². The van der Waals surface area contributed by atoms with Crippen molar-refractivity contribution < 1.29 is 8.78 Å². The molecule has 0 unspecified atom stereocenters. The predicted octanol–water partition coefficient (Wildman–Crippen LogP) is 3.63. The van der Waals surface area contributed by atoms with Crippen molar-refractivity contribution in [1.82, 2.24) is 4.90 Å². The van der Waals surface area contributed by atoms with Crippen molar-refractivity contribution in [1.29, 1.82) is 0 Å². The third-order valence-corrected chi connectivity index (χ3v) is 3.84. The van der Waals surface area contributed by atoms with Gasteiger partial charge in [-0.25, -0.2) is 8.78 Å². The van der Waals surface area contributed by atoms with Crippen LogP contribution in [0.5, 0.6) is 0 Å². The smallest absolute Gasteiger partial charge is 0.126 e. The predicted molar refractivity (Wildman–Crippen MR) is 69.5 cm³/mol. The standard InChI is InChI=1S/C15H21F2N/c1-18-7-5-12(6-8-18)3-2-4-13-9-14(16)11-15(17)10-13/h9-12H,2-8H2,1H3. The van der Waals surface area contributed by atoms with E-state index in [2.05, 4.69) is 11.9 Å². The number of rotatable bonds is 4. The maximum Gasteiger partial charge on any atom is 0.126 e. The maximum absolute atomic E-state index is 13.0. The Morgan fingerprint density at radius 1 is 1.11 bits per heavy atom. The van der Waals surface area contributed by atoms with Crippen molar-refractivity contribution in [3.8, 4) is 0 Å². The van der Waals surface area contributed by atoms with Gasteiger partial charge in [0.15, 0.2) is 0 Å². The van der Waals surface area contributed by atoms with E-state index in [-0.39, 0.29) is 0 Å². The quantitative estimate of drug-likeness (QED) is 0.792. The second-order valence-corrected chi connectivity index (χ2v) is 5.42. The summed E-state index contributed by atoms with van der Waals surface area (Å²) < 4.78 is 26.0. The number of likely N-dealkylation sites (tertiary alicyclic amines) is 1. The van der Waals surface area contributed by atoms with Gasteiger partial charge in [-0.15, -0.1) is 0 Å². The molecule has 1 aromatic carbocycles. The highest BCUT2D eigenvalue weighted by Gasteiger charge is 2.16. The normalized spacial score (nSPS) is 18.2. The molecule has 1 aliphatic heterocycles. The molecule has 0 spiro atoms. The van der Waals surface area contributed by atoms with Gasteiger partial charge < -0.3 is 4.90 Å². The largest absolute Gasteiger partial charge is 0.306 e. The lowest BCUT2D eigenvalue weighted by atomic mass is 9.91. The minimum absolute atomic E-state index is 0.468. The molecule has 0 radical (unpaired) electrons. The molecule has 0 aromatic heterocycles. The SMILES string of the molecule is CN1CCC(CCCc2cc(F)cc(F)c2)CC1. The third kappa shape index (κ3) is 4.05. The first kappa shape index (κ1) is 13.5. The summed E-state index contributed by atoms with van der Waals surface area (Å²) in [6, 6.07) is 3.82. The van der Waals surface area contributed by atoms with E-state index in [4.69, 9.17) is 0 Å². The van der Waals surface area contributed by atoms with Gasteiger partial charge in [-0.2, -0.15) is 0 Å². The van der Waals surface area contributed by atoms with E-state index in [0.717, 1.165) is 30.4 Å². The van der Waals surface area contributed by atoms with Crippen LogP contribution in [0.4, 0.5) is 8.78 Å². The summed E-state index contributed by atoms with van der Waals surface area (Å²) in [5.74, 6) is -0.145. The Balaban J connectivity index is 1.74. The van der Waals surface area contributed by atoms with Crippen LogP contribution in [0.15, 0.2) is 18.2 Å². The molecule has 0 aliphatic carbocycles. The summed E-state index contributed by atoms with van der Waals surface area (Å²) >= 11 is 0. The van der Waals surface area contributed by atoms with Crippen LogP contribution < -0.4 is 0 Å². The molecule has 3 heteroatoms. The number of nitrogens with zero attached hydrogens (tertiary/aromatic N) is 1. The Morgan fingerprint density at radius 3 is 2.33 bits per heavy atom. The molecular formula is C15H21F2N. The van der Waals surface area contributed by atoms with Crippen molar-refractivity contribution >= 4 is 0 Å². The van der Waals surface area contributed by atoms with Crippen LogP contribution in [0.3, 0.4) is 0 Å². The van der Waals surface area contributed by atoms with Crippen molar-refractivity contribution in [2.75, 3.05) is 20.1 Å². The maximum atomic E-state index is 13.0. The summed E-state index contributed by atoms with van der Waals surface area (Å²) in [6.07, 6.45) is 5.49. The van der Waals surface area contributed by atoms with E-state index in [1.165, 1.54) is 44.5 Å². The lowest BCUT2D eigenvalue weighted by molar-refractivity contribution is 0.210. The number of aryl methyl sites for hydroxylation is 1. The summed E-state index contributed by atoms with van der Waals surface area (Å²) in [7, 11) is 2.16. The zero-order chi connectivity index (χ0) is 13.0. The molecule has 100 valence electrons. The summed E-state index contributed by atoms with van der Waals surface area (Å²) in [6.45, 7) is 2.36. The molecular weight excluding hydrogens is 232 g/mol. The van der Waals surface area contributed by atoms with Gasteiger partial charge >= 0.3 is 0 Å². The fourth-order valence-electron chi connectivity index (χ4n) is 2.70. The van der Waals surface area contributed by atoms with Crippen LogP contribution in [0.2, 0.25) is 0 Å². The first-order valence-electron chi connectivity index (χ1n) is 6.77. The summed E-state index contributed by atoms with van der Waals surface area (Å²) in [5, 5.41) is 0. The first-order chi connectivity index (χ1) is 8.63. The van der Waals surface area contributed by atoms with Crippen LogP contribution in [-0.4, -0.2) is 25.0 Å². The lowest BCUT2D eigenvalue weighted by Crippen LogP contribution is -2.30. The van der Waals surface area contributed by atoms with Gasteiger partial charge in [-0.05, 0) is 69.4 Å². The fourth-order valence-corrected chi connectivity index (χ4v) is 2.70. The minimum atomic E-state index is -0.468. The van der Waals surface area contributed by atoms with Gasteiger partial charge in [-0.3, -0.25) is 0 Å². The number of halogens is 2. The molecule has 1 nitrogen and oxygen atoms in total. The highest BCUT2D eigenvalue weighted by molar-refractivity contribution is 5.17. The Bertz CT molecular complexity index is 364. The van der Waals surface area contributed by atoms with E-state index >= 15 is 0 Å². The van der Waals surface area contributed by atoms with Crippen LogP contribution in [0.25, 0.3) is 0 Å². The highest BCUT2D eigenvalue weighted by atomic mass is 19.1. The number of hydrogen-bond donors (Lipinski definition) is 0. The molecule has 0 saturated carbocycles. The molecule has 1 aromatic rings. The van der Waals surface area contributed by atoms with Crippen LogP contribution in [-0.2, 0) is 6.42 Å². The first-order valence-corrected chi connectivity index (χ1v) is 6.77. The van der Waals surface area contributed by atoms with Gasteiger partial charge in [0.05, 0.1) is 0 Å². The molecule has 0 N–H and O–H groups in total. The fraction of sp³-hybridized carbons (Fsp3) is 0.600. The Hall–Kier alpha value is -0.960. The molecule has 0 bridgehead atoms. The van der Waals surface area contributed by atoms with E-state index in [9.17, 15) is 8.78 Å². The van der Waals surface area contributed by atoms with Crippen molar-refractivity contribution in [2.24, 2.45) is 5.92 Å². The van der Waals surface area contributed by atoms with Crippen molar-refractivity contribution in [3.63, 3.8) is 0 Å².